The summed E-state index contributed by atoms with van der Waals surface area (Å²) in [6.45, 7) is 3.93. The lowest BCUT2D eigenvalue weighted by Gasteiger charge is -2.37. The van der Waals surface area contributed by atoms with Crippen LogP contribution in [0.4, 0.5) is 5.69 Å². The molecule has 0 amide bonds. The molecule has 2 aromatic carbocycles. The van der Waals surface area contributed by atoms with Crippen molar-refractivity contribution in [1.29, 1.82) is 0 Å². The summed E-state index contributed by atoms with van der Waals surface area (Å²) in [5.74, 6) is 0.775. The van der Waals surface area contributed by atoms with Gasteiger partial charge in [-0.25, -0.2) is 4.79 Å². The number of thiocarbonyl (C=S) groups is 1. The molecule has 2 aromatic rings. The summed E-state index contributed by atoms with van der Waals surface area (Å²) in [5.41, 5.74) is 2.84. The standard InChI is InChI=1S/C22H23BrN2O4S/c1-5-29-21(26)19-13(2)25(16-8-6-7-15(23)12-16)22(30)24-20(19)14-9-10-17(27-3)18(11-14)28-4/h6-12,20H,5H2,1-4H3,(H,24,30). The van der Waals surface area contributed by atoms with Crippen molar-refractivity contribution in [1.82, 2.24) is 5.32 Å². The molecule has 1 atom stereocenters. The van der Waals surface area contributed by atoms with Gasteiger partial charge >= 0.3 is 5.97 Å². The fraction of sp³-hybridized carbons (Fsp3) is 0.273. The van der Waals surface area contributed by atoms with Crippen molar-refractivity contribution < 1.29 is 19.0 Å². The van der Waals surface area contributed by atoms with Gasteiger partial charge in [-0.15, -0.1) is 0 Å². The minimum Gasteiger partial charge on any atom is -0.493 e. The summed E-state index contributed by atoms with van der Waals surface area (Å²) < 4.78 is 17.1. The molecule has 0 spiro atoms. The molecule has 6 nitrogen and oxygen atoms in total. The van der Waals surface area contributed by atoms with Crippen molar-refractivity contribution in [2.24, 2.45) is 0 Å². The minimum atomic E-state index is -0.486. The summed E-state index contributed by atoms with van der Waals surface area (Å²) in [6, 6.07) is 12.8. The molecule has 1 N–H and O–H groups in total. The molecule has 1 unspecified atom stereocenters. The van der Waals surface area contributed by atoms with Gasteiger partial charge in [-0.05, 0) is 62.0 Å². The Morgan fingerprint density at radius 2 is 1.90 bits per heavy atom. The molecule has 3 rings (SSSR count). The number of esters is 1. The maximum absolute atomic E-state index is 13.0. The number of nitrogens with one attached hydrogen (secondary N) is 1. The van der Waals surface area contributed by atoms with Crippen molar-refractivity contribution >= 4 is 44.9 Å². The molecule has 0 aliphatic carbocycles. The van der Waals surface area contributed by atoms with E-state index in [1.165, 1.54) is 0 Å². The second kappa shape index (κ2) is 9.49. The van der Waals surface area contributed by atoms with E-state index in [0.717, 1.165) is 15.7 Å². The van der Waals surface area contributed by atoms with E-state index < -0.39 is 12.0 Å². The van der Waals surface area contributed by atoms with Crippen LogP contribution < -0.4 is 19.7 Å². The number of methoxy groups -OCH3 is 2. The molecule has 0 bridgehead atoms. The topological polar surface area (TPSA) is 60.0 Å². The van der Waals surface area contributed by atoms with Crippen molar-refractivity contribution in [3.8, 4) is 11.5 Å². The molecule has 1 heterocycles. The third-order valence-corrected chi connectivity index (χ3v) is 5.58. The first-order chi connectivity index (χ1) is 14.4. The van der Waals surface area contributed by atoms with E-state index in [-0.39, 0.29) is 6.61 Å². The quantitative estimate of drug-likeness (QED) is 0.463. The molecule has 0 saturated carbocycles. The van der Waals surface area contributed by atoms with E-state index in [1.54, 1.807) is 27.2 Å². The largest absolute Gasteiger partial charge is 0.493 e. The number of hydrogen-bond donors (Lipinski definition) is 1. The number of nitrogens with zero attached hydrogens (tertiary/aromatic N) is 1. The number of carbonyl (C=O) groups excluding carboxylic acids is 1. The van der Waals surface area contributed by atoms with Crippen molar-refractivity contribution in [3.05, 3.63) is 63.8 Å². The van der Waals surface area contributed by atoms with E-state index in [9.17, 15) is 4.79 Å². The summed E-state index contributed by atoms with van der Waals surface area (Å²) in [4.78, 5) is 14.8. The van der Waals surface area contributed by atoms with Gasteiger partial charge in [0, 0.05) is 15.9 Å². The Bertz CT molecular complexity index is 1010. The van der Waals surface area contributed by atoms with Gasteiger partial charge in [-0.2, -0.15) is 0 Å². The van der Waals surface area contributed by atoms with E-state index >= 15 is 0 Å². The number of halogens is 1. The molecule has 0 fully saturated rings. The highest BCUT2D eigenvalue weighted by Crippen LogP contribution is 2.37. The molecule has 0 aromatic heterocycles. The first kappa shape index (κ1) is 22.1. The van der Waals surface area contributed by atoms with E-state index in [4.69, 9.17) is 26.4 Å². The van der Waals surface area contributed by atoms with Gasteiger partial charge in [0.25, 0.3) is 0 Å². The van der Waals surface area contributed by atoms with Crippen molar-refractivity contribution in [2.75, 3.05) is 25.7 Å². The zero-order valence-corrected chi connectivity index (χ0v) is 19.6. The first-order valence-electron chi connectivity index (χ1n) is 9.37. The average Bonchev–Trinajstić information content (AvgIpc) is 2.73. The van der Waals surface area contributed by atoms with Crippen LogP contribution in [0.3, 0.4) is 0 Å². The second-order valence-corrected chi connectivity index (χ2v) is 7.83. The zero-order chi connectivity index (χ0) is 21.8. The fourth-order valence-corrected chi connectivity index (χ4v) is 4.17. The van der Waals surface area contributed by atoms with E-state index in [2.05, 4.69) is 21.2 Å². The smallest absolute Gasteiger partial charge is 0.338 e. The lowest BCUT2D eigenvalue weighted by molar-refractivity contribution is -0.139. The van der Waals surface area contributed by atoms with Crippen molar-refractivity contribution in [3.63, 3.8) is 0 Å². The fourth-order valence-electron chi connectivity index (χ4n) is 3.42. The Morgan fingerprint density at radius 3 is 2.53 bits per heavy atom. The van der Waals surface area contributed by atoms with Crippen LogP contribution in [0.15, 0.2) is 58.2 Å². The molecule has 1 aliphatic heterocycles. The van der Waals surface area contributed by atoms with Crippen LogP contribution in [-0.2, 0) is 9.53 Å². The number of benzene rings is 2. The van der Waals surface area contributed by atoms with Gasteiger partial charge in [-0.1, -0.05) is 28.1 Å². The van der Waals surface area contributed by atoms with Crippen LogP contribution in [0.5, 0.6) is 11.5 Å². The number of hydrogen-bond acceptors (Lipinski definition) is 5. The van der Waals surface area contributed by atoms with Crippen LogP contribution in [0, 0.1) is 0 Å². The summed E-state index contributed by atoms with van der Waals surface area (Å²) in [7, 11) is 3.15. The third-order valence-electron chi connectivity index (χ3n) is 4.79. The Labute approximate surface area is 189 Å². The van der Waals surface area contributed by atoms with Crippen LogP contribution in [0.25, 0.3) is 0 Å². The van der Waals surface area contributed by atoms with E-state index in [0.29, 0.717) is 27.9 Å². The zero-order valence-electron chi connectivity index (χ0n) is 17.2. The Morgan fingerprint density at radius 1 is 1.17 bits per heavy atom. The van der Waals surface area contributed by atoms with Crippen LogP contribution in [0.2, 0.25) is 0 Å². The SMILES string of the molecule is CCOC(=O)C1=C(C)N(c2cccc(Br)c2)C(=S)NC1c1ccc(OC)c(OC)c1. The molecular formula is C22H23BrN2O4S. The molecule has 158 valence electrons. The highest BCUT2D eigenvalue weighted by atomic mass is 79.9. The van der Waals surface area contributed by atoms with Gasteiger partial charge in [-0.3, -0.25) is 4.90 Å². The molecular weight excluding hydrogens is 468 g/mol. The lowest BCUT2D eigenvalue weighted by atomic mass is 9.94. The Kier molecular flexibility index (Phi) is 6.99. The molecule has 30 heavy (non-hydrogen) atoms. The maximum Gasteiger partial charge on any atom is 0.338 e. The highest BCUT2D eigenvalue weighted by molar-refractivity contribution is 9.10. The van der Waals surface area contributed by atoms with Crippen LogP contribution >= 0.6 is 28.1 Å². The number of rotatable bonds is 6. The third kappa shape index (κ3) is 4.29. The van der Waals surface area contributed by atoms with Gasteiger partial charge in [0.15, 0.2) is 16.6 Å². The molecule has 8 heteroatoms. The summed E-state index contributed by atoms with van der Waals surface area (Å²) in [5, 5.41) is 3.78. The molecule has 1 aliphatic rings. The Hall–Kier alpha value is -2.58. The Balaban J connectivity index is 2.14. The first-order valence-corrected chi connectivity index (χ1v) is 10.6. The maximum atomic E-state index is 13.0. The highest BCUT2D eigenvalue weighted by Gasteiger charge is 2.35. The number of carbonyl (C=O) groups is 1. The van der Waals surface area contributed by atoms with Crippen LogP contribution in [0.1, 0.15) is 25.5 Å². The lowest BCUT2D eigenvalue weighted by Crippen LogP contribution is -2.48. The monoisotopic (exact) mass is 490 g/mol. The van der Waals surface area contributed by atoms with Gasteiger partial charge < -0.3 is 19.5 Å². The van der Waals surface area contributed by atoms with Gasteiger partial charge in [0.05, 0.1) is 32.4 Å². The number of allylic oxidation sites excluding steroid dienone is 1. The number of ether oxygens (including phenoxy) is 3. The molecule has 0 saturated heterocycles. The summed E-state index contributed by atoms with van der Waals surface area (Å²) >= 11 is 9.17. The summed E-state index contributed by atoms with van der Waals surface area (Å²) in [6.07, 6.45) is 0. The van der Waals surface area contributed by atoms with Gasteiger partial charge in [0.1, 0.15) is 0 Å². The van der Waals surface area contributed by atoms with E-state index in [1.807, 2.05) is 48.2 Å². The minimum absolute atomic E-state index is 0.273. The normalized spacial score (nSPS) is 16.2. The predicted molar refractivity (Wildman–Crippen MR) is 124 cm³/mol. The van der Waals surface area contributed by atoms with Crippen molar-refractivity contribution in [2.45, 2.75) is 19.9 Å². The molecule has 0 radical (unpaired) electrons. The van der Waals surface area contributed by atoms with Crippen LogP contribution in [-0.4, -0.2) is 31.9 Å². The number of anilines is 1. The second-order valence-electron chi connectivity index (χ2n) is 6.53. The van der Waals surface area contributed by atoms with Gasteiger partial charge in [0.2, 0.25) is 0 Å². The predicted octanol–water partition coefficient (Wildman–Crippen LogP) is 4.74. The average molecular weight is 491 g/mol.